The van der Waals surface area contributed by atoms with Crippen LogP contribution in [0, 0.1) is 10.1 Å². The average molecular weight is 508 g/mol. The van der Waals surface area contributed by atoms with Gasteiger partial charge >= 0.3 is 11.9 Å². The number of ether oxygens (including phenoxy) is 2. The molecule has 2 heterocycles. The van der Waals surface area contributed by atoms with Gasteiger partial charge in [-0.15, -0.1) is 0 Å². The molecule has 0 saturated carbocycles. The molecule has 1 atom stereocenters. The number of nitro groups is 1. The Labute approximate surface area is 208 Å². The Kier molecular flexibility index (Phi) is 6.93. The first-order chi connectivity index (χ1) is 17.3. The van der Waals surface area contributed by atoms with Crippen LogP contribution in [-0.4, -0.2) is 35.1 Å². The van der Waals surface area contributed by atoms with Crippen LogP contribution in [0.5, 0.6) is 0 Å². The Hall–Kier alpha value is -4.38. The highest BCUT2D eigenvalue weighted by molar-refractivity contribution is 7.07. The van der Waals surface area contributed by atoms with E-state index in [-0.39, 0.29) is 28.0 Å². The maximum atomic E-state index is 13.6. The minimum atomic E-state index is -0.875. The number of nitro benzene ring substituents is 1. The number of allylic oxidation sites excluding steroid dienone is 1. The van der Waals surface area contributed by atoms with Crippen molar-refractivity contribution in [3.63, 3.8) is 0 Å². The van der Waals surface area contributed by atoms with Gasteiger partial charge in [-0.3, -0.25) is 19.5 Å². The molecule has 1 aliphatic heterocycles. The summed E-state index contributed by atoms with van der Waals surface area (Å²) in [7, 11) is 1.27. The second-order valence-corrected chi connectivity index (χ2v) is 8.74. The summed E-state index contributed by atoms with van der Waals surface area (Å²) in [6.07, 6.45) is 1.45. The van der Waals surface area contributed by atoms with Gasteiger partial charge in [0.15, 0.2) is 4.80 Å². The van der Waals surface area contributed by atoms with E-state index in [4.69, 9.17) is 9.47 Å². The molecule has 0 saturated heterocycles. The Morgan fingerprint density at radius 1 is 1.17 bits per heavy atom. The molecule has 11 heteroatoms. The number of esters is 2. The predicted octanol–water partition coefficient (Wildman–Crippen LogP) is 2.49. The molecule has 1 aromatic heterocycles. The van der Waals surface area contributed by atoms with Crippen molar-refractivity contribution in [3.8, 4) is 0 Å². The third kappa shape index (κ3) is 4.48. The summed E-state index contributed by atoms with van der Waals surface area (Å²) in [5, 5.41) is 11.4. The van der Waals surface area contributed by atoms with Crippen molar-refractivity contribution < 1.29 is 24.0 Å². The minimum absolute atomic E-state index is 0.131. The quantitative estimate of drug-likeness (QED) is 0.285. The zero-order chi connectivity index (χ0) is 26.0. The summed E-state index contributed by atoms with van der Waals surface area (Å²) >= 11 is 1.06. The van der Waals surface area contributed by atoms with Gasteiger partial charge in [0, 0.05) is 6.07 Å². The fraction of sp³-hybridized carbons (Fsp3) is 0.200. The van der Waals surface area contributed by atoms with Gasteiger partial charge in [0.2, 0.25) is 0 Å². The number of rotatable bonds is 6. The van der Waals surface area contributed by atoms with E-state index in [9.17, 15) is 24.5 Å². The Morgan fingerprint density at radius 2 is 1.86 bits per heavy atom. The van der Waals surface area contributed by atoms with Crippen LogP contribution in [0.25, 0.3) is 6.08 Å². The van der Waals surface area contributed by atoms with Crippen LogP contribution in [0.1, 0.15) is 41.4 Å². The van der Waals surface area contributed by atoms with Gasteiger partial charge in [-0.25, -0.2) is 14.6 Å². The molecule has 1 aliphatic rings. The van der Waals surface area contributed by atoms with E-state index in [0.717, 1.165) is 11.3 Å². The fourth-order valence-electron chi connectivity index (χ4n) is 3.94. The van der Waals surface area contributed by atoms with Gasteiger partial charge < -0.3 is 9.47 Å². The van der Waals surface area contributed by atoms with Gasteiger partial charge in [0.1, 0.15) is 0 Å². The third-order valence-corrected chi connectivity index (χ3v) is 6.57. The lowest BCUT2D eigenvalue weighted by atomic mass is 9.95. The topological polar surface area (TPSA) is 130 Å². The summed E-state index contributed by atoms with van der Waals surface area (Å²) in [5.74, 6) is -1.14. The number of methoxy groups -OCH3 is 1. The molecule has 10 nitrogen and oxygen atoms in total. The normalized spacial score (nSPS) is 15.2. The molecule has 0 unspecified atom stereocenters. The first kappa shape index (κ1) is 24.7. The summed E-state index contributed by atoms with van der Waals surface area (Å²) in [4.78, 5) is 54.2. The molecular formula is C25H21N3O7S. The molecule has 0 amide bonds. The molecule has 0 fully saturated rings. The van der Waals surface area contributed by atoms with Crippen LogP contribution in [0.15, 0.2) is 69.6 Å². The van der Waals surface area contributed by atoms with Crippen LogP contribution in [0.4, 0.5) is 5.69 Å². The van der Waals surface area contributed by atoms with Crippen molar-refractivity contribution in [2.45, 2.75) is 19.9 Å². The number of carbonyl (C=O) groups is 2. The largest absolute Gasteiger partial charge is 0.465 e. The predicted molar refractivity (Wildman–Crippen MR) is 131 cm³/mol. The van der Waals surface area contributed by atoms with Crippen molar-refractivity contribution in [2.75, 3.05) is 13.7 Å². The first-order valence-corrected chi connectivity index (χ1v) is 11.7. The number of hydrogen-bond acceptors (Lipinski definition) is 9. The van der Waals surface area contributed by atoms with Crippen molar-refractivity contribution in [1.82, 2.24) is 4.57 Å². The van der Waals surface area contributed by atoms with Crippen LogP contribution >= 0.6 is 11.3 Å². The van der Waals surface area contributed by atoms with E-state index in [0.29, 0.717) is 21.6 Å². The number of nitrogens with zero attached hydrogens (tertiary/aromatic N) is 3. The molecule has 3 aromatic rings. The van der Waals surface area contributed by atoms with E-state index < -0.39 is 28.5 Å². The SMILES string of the molecule is CCOC(=O)C1=C(C)N=c2s/c(=C/c3ccccc3[N+](=O)[O-])c(=O)n2[C@@H]1c1ccc(C(=O)OC)cc1. The lowest BCUT2D eigenvalue weighted by molar-refractivity contribution is -0.385. The van der Waals surface area contributed by atoms with E-state index in [2.05, 4.69) is 4.99 Å². The molecule has 0 spiro atoms. The van der Waals surface area contributed by atoms with E-state index >= 15 is 0 Å². The summed E-state index contributed by atoms with van der Waals surface area (Å²) in [6.45, 7) is 3.46. The minimum Gasteiger partial charge on any atom is -0.465 e. The second-order valence-electron chi connectivity index (χ2n) is 7.73. The molecule has 184 valence electrons. The molecule has 0 bridgehead atoms. The molecule has 0 radical (unpaired) electrons. The standard InChI is InChI=1S/C25H21N3O7S/c1-4-35-24(31)20-14(2)26-25-27(21(20)15-9-11-16(12-10-15)23(30)34-3)22(29)19(36-25)13-17-7-5-6-8-18(17)28(32)33/h5-13,21H,4H2,1-3H3/b19-13+/t21-/m1/s1. The zero-order valence-corrected chi connectivity index (χ0v) is 20.4. The summed E-state index contributed by atoms with van der Waals surface area (Å²) in [5.41, 5.74) is 1.10. The highest BCUT2D eigenvalue weighted by atomic mass is 32.1. The second kappa shape index (κ2) is 10.1. The van der Waals surface area contributed by atoms with Crippen LogP contribution in [0.2, 0.25) is 0 Å². The lowest BCUT2D eigenvalue weighted by Crippen LogP contribution is -2.40. The van der Waals surface area contributed by atoms with Gasteiger partial charge in [-0.05, 0) is 43.7 Å². The fourth-order valence-corrected chi connectivity index (χ4v) is 4.98. The molecular weight excluding hydrogens is 486 g/mol. The number of carbonyl (C=O) groups excluding carboxylic acids is 2. The van der Waals surface area contributed by atoms with Gasteiger partial charge in [0.05, 0.1) is 51.6 Å². The Bertz CT molecular complexity index is 1580. The van der Waals surface area contributed by atoms with Crippen LogP contribution in [0.3, 0.4) is 0 Å². The molecule has 36 heavy (non-hydrogen) atoms. The summed E-state index contributed by atoms with van der Waals surface area (Å²) in [6, 6.07) is 11.6. The van der Waals surface area contributed by atoms with Crippen molar-refractivity contribution in [1.29, 1.82) is 0 Å². The number of benzene rings is 2. The van der Waals surface area contributed by atoms with Crippen molar-refractivity contribution in [2.24, 2.45) is 4.99 Å². The smallest absolute Gasteiger partial charge is 0.338 e. The van der Waals surface area contributed by atoms with E-state index in [1.807, 2.05) is 0 Å². The van der Waals surface area contributed by atoms with Gasteiger partial charge in [-0.1, -0.05) is 35.6 Å². The monoisotopic (exact) mass is 507 g/mol. The number of fused-ring (bicyclic) bond motifs is 1. The molecule has 0 aliphatic carbocycles. The third-order valence-electron chi connectivity index (χ3n) is 5.58. The summed E-state index contributed by atoms with van der Waals surface area (Å²) < 4.78 is 11.6. The highest BCUT2D eigenvalue weighted by Gasteiger charge is 2.33. The van der Waals surface area contributed by atoms with Crippen molar-refractivity contribution in [3.05, 3.63) is 106 Å². The highest BCUT2D eigenvalue weighted by Crippen LogP contribution is 2.31. The lowest BCUT2D eigenvalue weighted by Gasteiger charge is -2.24. The first-order valence-electron chi connectivity index (χ1n) is 10.9. The van der Waals surface area contributed by atoms with Gasteiger partial charge in [0.25, 0.3) is 11.2 Å². The Morgan fingerprint density at radius 3 is 2.50 bits per heavy atom. The average Bonchev–Trinajstić information content (AvgIpc) is 3.17. The number of thiazole rings is 1. The number of aromatic nitrogens is 1. The van der Waals surface area contributed by atoms with Gasteiger partial charge in [-0.2, -0.15) is 0 Å². The number of hydrogen-bond donors (Lipinski definition) is 0. The maximum Gasteiger partial charge on any atom is 0.338 e. The maximum absolute atomic E-state index is 13.6. The molecule has 2 aromatic carbocycles. The molecule has 4 rings (SSSR count). The van der Waals surface area contributed by atoms with Crippen molar-refractivity contribution >= 4 is 35.0 Å². The van der Waals surface area contributed by atoms with E-state index in [1.165, 1.54) is 23.8 Å². The number of para-hydroxylation sites is 1. The zero-order valence-electron chi connectivity index (χ0n) is 19.6. The van der Waals surface area contributed by atoms with Crippen LogP contribution < -0.4 is 14.9 Å². The van der Waals surface area contributed by atoms with Crippen LogP contribution in [-0.2, 0) is 14.3 Å². The molecule has 0 N–H and O–H groups in total. The Balaban J connectivity index is 1.95. The van der Waals surface area contributed by atoms with E-state index in [1.54, 1.807) is 56.3 Å².